The third kappa shape index (κ3) is 4.67. The fourth-order valence-corrected chi connectivity index (χ4v) is 2.40. The summed E-state index contributed by atoms with van der Waals surface area (Å²) in [7, 11) is 3.37. The number of carbonyl (C=O) groups is 2. The van der Waals surface area contributed by atoms with Gasteiger partial charge in [-0.1, -0.05) is 42.5 Å². The second-order valence-corrected chi connectivity index (χ2v) is 5.85. The van der Waals surface area contributed by atoms with E-state index in [9.17, 15) is 9.59 Å². The molecule has 2 rings (SSSR count). The van der Waals surface area contributed by atoms with Crippen LogP contribution >= 0.6 is 0 Å². The van der Waals surface area contributed by atoms with Crippen LogP contribution in [0.1, 0.15) is 21.5 Å². The van der Waals surface area contributed by atoms with Crippen molar-refractivity contribution in [1.82, 2.24) is 10.2 Å². The van der Waals surface area contributed by atoms with Crippen LogP contribution in [0.5, 0.6) is 0 Å². The van der Waals surface area contributed by atoms with Crippen LogP contribution in [0, 0.1) is 0 Å². The lowest BCUT2D eigenvalue weighted by Gasteiger charge is -2.22. The minimum absolute atomic E-state index is 0.134. The van der Waals surface area contributed by atoms with Crippen LogP contribution in [0.25, 0.3) is 0 Å². The first-order chi connectivity index (χ1) is 11.5. The lowest BCUT2D eigenvalue weighted by molar-refractivity contribution is -0.130. The zero-order valence-electron chi connectivity index (χ0n) is 14.0. The van der Waals surface area contributed by atoms with Crippen molar-refractivity contribution < 1.29 is 9.59 Å². The van der Waals surface area contributed by atoms with Gasteiger partial charge in [-0.2, -0.15) is 0 Å². The molecule has 1 unspecified atom stereocenters. The van der Waals surface area contributed by atoms with Gasteiger partial charge in [-0.3, -0.25) is 9.59 Å². The van der Waals surface area contributed by atoms with Crippen LogP contribution in [-0.2, 0) is 17.8 Å². The number of rotatable bonds is 6. The normalized spacial score (nSPS) is 11.6. The van der Waals surface area contributed by atoms with E-state index >= 15 is 0 Å². The smallest absolute Gasteiger partial charge is 0.251 e. The number of hydrogen-bond acceptors (Lipinski definition) is 3. The van der Waals surface area contributed by atoms with Gasteiger partial charge in [0.25, 0.3) is 5.91 Å². The van der Waals surface area contributed by atoms with E-state index in [-0.39, 0.29) is 11.8 Å². The molecule has 2 aromatic rings. The minimum Gasteiger partial charge on any atom is -0.347 e. The van der Waals surface area contributed by atoms with Gasteiger partial charge in [0.15, 0.2) is 0 Å². The fraction of sp³-hybridized carbons (Fsp3) is 0.263. The first kappa shape index (κ1) is 17.7. The molecule has 0 aliphatic rings. The van der Waals surface area contributed by atoms with Crippen LogP contribution in [-0.4, -0.2) is 36.9 Å². The van der Waals surface area contributed by atoms with Crippen LogP contribution in [0.4, 0.5) is 0 Å². The van der Waals surface area contributed by atoms with Crippen LogP contribution in [0.2, 0.25) is 0 Å². The van der Waals surface area contributed by atoms with Crippen molar-refractivity contribution in [2.75, 3.05) is 14.1 Å². The number of hydrogen-bond donors (Lipinski definition) is 2. The van der Waals surface area contributed by atoms with Crippen molar-refractivity contribution in [2.24, 2.45) is 5.73 Å². The van der Waals surface area contributed by atoms with E-state index in [0.717, 1.165) is 11.1 Å². The second kappa shape index (κ2) is 8.26. The van der Waals surface area contributed by atoms with Gasteiger partial charge in [0.1, 0.15) is 6.04 Å². The quantitative estimate of drug-likeness (QED) is 0.846. The first-order valence-electron chi connectivity index (χ1n) is 7.86. The van der Waals surface area contributed by atoms with Gasteiger partial charge in [0.2, 0.25) is 5.91 Å². The third-order valence-electron chi connectivity index (χ3n) is 3.78. The van der Waals surface area contributed by atoms with E-state index in [1.165, 1.54) is 4.90 Å². The average Bonchev–Trinajstić information content (AvgIpc) is 2.61. The van der Waals surface area contributed by atoms with Crippen molar-refractivity contribution in [3.05, 3.63) is 71.3 Å². The van der Waals surface area contributed by atoms with Crippen LogP contribution < -0.4 is 11.1 Å². The summed E-state index contributed by atoms with van der Waals surface area (Å²) >= 11 is 0. The fourth-order valence-electron chi connectivity index (χ4n) is 2.40. The zero-order chi connectivity index (χ0) is 17.5. The Morgan fingerprint density at radius 3 is 2.17 bits per heavy atom. The number of nitrogens with zero attached hydrogens (tertiary/aromatic N) is 1. The molecule has 0 saturated heterocycles. The van der Waals surface area contributed by atoms with Gasteiger partial charge >= 0.3 is 0 Å². The second-order valence-electron chi connectivity index (χ2n) is 5.85. The number of nitrogens with one attached hydrogen (secondary N) is 1. The molecule has 0 radical (unpaired) electrons. The molecule has 0 spiro atoms. The Morgan fingerprint density at radius 1 is 1.00 bits per heavy atom. The summed E-state index contributed by atoms with van der Waals surface area (Å²) in [5.41, 5.74) is 8.03. The number of amides is 2. The van der Waals surface area contributed by atoms with Crippen LogP contribution in [0.15, 0.2) is 54.6 Å². The van der Waals surface area contributed by atoms with Gasteiger partial charge in [-0.25, -0.2) is 0 Å². The standard InChI is InChI=1S/C19H23N3O2/c1-22(2)19(24)17(12-14-6-4-3-5-7-14)21-18(23)16-10-8-15(13-20)9-11-16/h3-11,17H,12-13,20H2,1-2H3,(H,21,23). The number of benzene rings is 2. The molecular weight excluding hydrogens is 302 g/mol. The molecule has 0 aromatic heterocycles. The van der Waals surface area contributed by atoms with E-state index in [2.05, 4.69) is 5.32 Å². The highest BCUT2D eigenvalue weighted by atomic mass is 16.2. The molecule has 0 bridgehead atoms. The Hall–Kier alpha value is -2.66. The summed E-state index contributed by atoms with van der Waals surface area (Å²) in [6.07, 6.45) is 0.449. The Balaban J connectivity index is 2.14. The number of nitrogens with two attached hydrogens (primary N) is 1. The van der Waals surface area contributed by atoms with Crippen molar-refractivity contribution in [3.8, 4) is 0 Å². The molecule has 3 N–H and O–H groups in total. The first-order valence-corrected chi connectivity index (χ1v) is 7.86. The van der Waals surface area contributed by atoms with Crippen LogP contribution in [0.3, 0.4) is 0 Å². The molecule has 24 heavy (non-hydrogen) atoms. The van der Waals surface area contributed by atoms with Gasteiger partial charge in [-0.15, -0.1) is 0 Å². The molecule has 2 amide bonds. The number of carbonyl (C=O) groups excluding carboxylic acids is 2. The lowest BCUT2D eigenvalue weighted by atomic mass is 10.0. The van der Waals surface area contributed by atoms with E-state index in [1.54, 1.807) is 26.2 Å². The molecule has 0 aliphatic heterocycles. The Bertz CT molecular complexity index is 682. The van der Waals surface area contributed by atoms with E-state index < -0.39 is 6.04 Å². The van der Waals surface area contributed by atoms with E-state index in [4.69, 9.17) is 5.73 Å². The predicted octanol–water partition coefficient (Wildman–Crippen LogP) is 1.57. The summed E-state index contributed by atoms with van der Waals surface area (Å²) in [6, 6.07) is 16.1. The third-order valence-corrected chi connectivity index (χ3v) is 3.78. The van der Waals surface area contributed by atoms with Gasteiger partial charge in [0, 0.05) is 32.6 Å². The van der Waals surface area contributed by atoms with Gasteiger partial charge in [-0.05, 0) is 23.3 Å². The zero-order valence-corrected chi connectivity index (χ0v) is 14.0. The Kier molecular flexibility index (Phi) is 6.09. The van der Waals surface area contributed by atoms with Gasteiger partial charge in [0.05, 0.1) is 0 Å². The molecule has 2 aromatic carbocycles. The highest BCUT2D eigenvalue weighted by Gasteiger charge is 2.23. The maximum atomic E-state index is 12.5. The SMILES string of the molecule is CN(C)C(=O)C(Cc1ccccc1)NC(=O)c1ccc(CN)cc1. The maximum Gasteiger partial charge on any atom is 0.251 e. The summed E-state index contributed by atoms with van der Waals surface area (Å²) < 4.78 is 0. The molecule has 5 heteroatoms. The van der Waals surface area contributed by atoms with Crippen molar-refractivity contribution in [2.45, 2.75) is 19.0 Å². The lowest BCUT2D eigenvalue weighted by Crippen LogP contribution is -2.47. The molecule has 0 saturated carbocycles. The molecule has 126 valence electrons. The molecular formula is C19H23N3O2. The van der Waals surface area contributed by atoms with Crippen molar-refractivity contribution in [1.29, 1.82) is 0 Å². The summed E-state index contributed by atoms with van der Waals surface area (Å²) in [5.74, 6) is -0.402. The Labute approximate surface area is 142 Å². The van der Waals surface area contributed by atoms with Crippen molar-refractivity contribution >= 4 is 11.8 Å². The molecule has 1 atom stereocenters. The Morgan fingerprint density at radius 2 is 1.62 bits per heavy atom. The summed E-state index contributed by atoms with van der Waals surface area (Å²) in [5, 5.41) is 2.84. The minimum atomic E-state index is -0.607. The highest BCUT2D eigenvalue weighted by molar-refractivity contribution is 5.97. The summed E-state index contributed by atoms with van der Waals surface area (Å²) in [6.45, 7) is 0.428. The summed E-state index contributed by atoms with van der Waals surface area (Å²) in [4.78, 5) is 26.4. The topological polar surface area (TPSA) is 75.4 Å². The van der Waals surface area contributed by atoms with E-state index in [1.807, 2.05) is 42.5 Å². The molecule has 5 nitrogen and oxygen atoms in total. The highest BCUT2D eigenvalue weighted by Crippen LogP contribution is 2.08. The maximum absolute atomic E-state index is 12.5. The predicted molar refractivity (Wildman–Crippen MR) is 94.4 cm³/mol. The molecule has 0 fully saturated rings. The number of likely N-dealkylation sites (N-methyl/N-ethyl adjacent to an activating group) is 1. The average molecular weight is 325 g/mol. The molecule has 0 aliphatic carbocycles. The van der Waals surface area contributed by atoms with Crippen molar-refractivity contribution in [3.63, 3.8) is 0 Å². The van der Waals surface area contributed by atoms with Gasteiger partial charge < -0.3 is 16.0 Å². The van der Waals surface area contributed by atoms with E-state index in [0.29, 0.717) is 18.5 Å². The largest absolute Gasteiger partial charge is 0.347 e. The monoisotopic (exact) mass is 325 g/mol. The molecule has 0 heterocycles.